The Labute approximate surface area is 167 Å². The van der Waals surface area contributed by atoms with Gasteiger partial charge in [-0.15, -0.1) is 0 Å². The largest absolute Gasteiger partial charge is 0.243 e. The molecule has 0 aliphatic carbocycles. The zero-order valence-electron chi connectivity index (χ0n) is 16.5. The Morgan fingerprint density at radius 3 is 1.79 bits per heavy atom. The maximum absolute atomic E-state index is 13.6. The van der Waals surface area contributed by atoms with Crippen LogP contribution in [0.2, 0.25) is 0 Å². The molecule has 28 heavy (non-hydrogen) atoms. The minimum atomic E-state index is -3.62. The molecule has 1 saturated heterocycles. The first-order chi connectivity index (χ1) is 13.3. The fraction of sp³-hybridized carbons (Fsp3) is 0.250. The first-order valence-electron chi connectivity index (χ1n) is 9.51. The van der Waals surface area contributed by atoms with E-state index in [9.17, 15) is 8.42 Å². The Bertz CT molecular complexity index is 1080. The summed E-state index contributed by atoms with van der Waals surface area (Å²) >= 11 is 0. The van der Waals surface area contributed by atoms with Crippen LogP contribution in [0, 0.1) is 6.92 Å². The molecule has 2 atom stereocenters. The Kier molecular flexibility index (Phi) is 4.44. The molecule has 0 aromatic heterocycles. The van der Waals surface area contributed by atoms with Crippen molar-refractivity contribution in [3.8, 4) is 0 Å². The first kappa shape index (κ1) is 18.9. The average Bonchev–Trinajstić information content (AvgIpc) is 2.72. The molecule has 144 valence electrons. The molecule has 4 heteroatoms. The van der Waals surface area contributed by atoms with Crippen molar-refractivity contribution in [2.24, 2.45) is 0 Å². The van der Waals surface area contributed by atoms with Gasteiger partial charge < -0.3 is 0 Å². The summed E-state index contributed by atoms with van der Waals surface area (Å²) in [4.78, 5) is 0.343. The van der Waals surface area contributed by atoms with Gasteiger partial charge in [-0.25, -0.2) is 8.42 Å². The summed E-state index contributed by atoms with van der Waals surface area (Å²) in [7, 11) is -3.62. The van der Waals surface area contributed by atoms with Crippen LogP contribution < -0.4 is 0 Å². The number of aryl methyl sites for hydroxylation is 1. The van der Waals surface area contributed by atoms with Crippen LogP contribution in [0.1, 0.15) is 30.5 Å². The molecule has 1 fully saturated rings. The number of hydrogen-bond acceptors (Lipinski definition) is 2. The van der Waals surface area contributed by atoms with Crippen LogP contribution in [0.5, 0.6) is 0 Å². The fourth-order valence-corrected chi connectivity index (χ4v) is 6.30. The molecule has 1 aliphatic rings. The topological polar surface area (TPSA) is 37.4 Å². The predicted octanol–water partition coefficient (Wildman–Crippen LogP) is 4.87. The molecule has 0 saturated carbocycles. The highest BCUT2D eigenvalue weighted by molar-refractivity contribution is 7.89. The fourth-order valence-electron chi connectivity index (χ4n) is 4.35. The molecule has 1 heterocycles. The number of rotatable bonds is 4. The molecule has 0 amide bonds. The van der Waals surface area contributed by atoms with E-state index in [0.29, 0.717) is 11.4 Å². The number of benzene rings is 3. The van der Waals surface area contributed by atoms with Gasteiger partial charge in [0.05, 0.1) is 10.4 Å². The minimum Gasteiger partial charge on any atom is -0.207 e. The molecule has 0 N–H and O–H groups in total. The standard InChI is InChI=1S/C24H25NO2S/c1-19-14-16-22(17-15-19)28(26,27)25-18-23(2,20-10-6-4-7-11-20)24(25,3)21-12-8-5-9-13-21/h4-17H,18H2,1-3H3/t23-,24+/m1/s1. The first-order valence-corrected chi connectivity index (χ1v) is 10.9. The number of hydrogen-bond donors (Lipinski definition) is 0. The Hall–Kier alpha value is -2.43. The van der Waals surface area contributed by atoms with E-state index < -0.39 is 15.6 Å². The van der Waals surface area contributed by atoms with E-state index in [4.69, 9.17) is 0 Å². The lowest BCUT2D eigenvalue weighted by Gasteiger charge is -2.63. The van der Waals surface area contributed by atoms with Crippen molar-refractivity contribution in [2.75, 3.05) is 6.54 Å². The van der Waals surface area contributed by atoms with Crippen molar-refractivity contribution in [1.29, 1.82) is 0 Å². The Morgan fingerprint density at radius 2 is 1.25 bits per heavy atom. The van der Waals surface area contributed by atoms with Crippen LogP contribution in [0.15, 0.2) is 89.8 Å². The normalized spacial score (nSPS) is 25.2. The lowest BCUT2D eigenvalue weighted by atomic mass is 9.58. The molecule has 3 aromatic carbocycles. The van der Waals surface area contributed by atoms with E-state index in [-0.39, 0.29) is 5.41 Å². The quantitative estimate of drug-likeness (QED) is 0.636. The minimum absolute atomic E-state index is 0.326. The second kappa shape index (κ2) is 6.57. The van der Waals surface area contributed by atoms with Crippen molar-refractivity contribution in [3.05, 3.63) is 102 Å². The van der Waals surface area contributed by atoms with Crippen LogP contribution in [0.3, 0.4) is 0 Å². The van der Waals surface area contributed by atoms with E-state index in [1.165, 1.54) is 0 Å². The second-order valence-electron chi connectivity index (χ2n) is 7.96. The average molecular weight is 392 g/mol. The predicted molar refractivity (Wildman–Crippen MR) is 113 cm³/mol. The molecular formula is C24H25NO2S. The lowest BCUT2D eigenvalue weighted by Crippen LogP contribution is -2.73. The summed E-state index contributed by atoms with van der Waals surface area (Å²) in [6, 6.07) is 27.3. The van der Waals surface area contributed by atoms with Crippen molar-refractivity contribution < 1.29 is 8.42 Å². The van der Waals surface area contributed by atoms with Crippen LogP contribution in [0.4, 0.5) is 0 Å². The second-order valence-corrected chi connectivity index (χ2v) is 9.82. The highest BCUT2D eigenvalue weighted by Crippen LogP contribution is 2.57. The molecule has 3 aromatic rings. The van der Waals surface area contributed by atoms with E-state index >= 15 is 0 Å². The van der Waals surface area contributed by atoms with Gasteiger partial charge in [0.1, 0.15) is 0 Å². The van der Waals surface area contributed by atoms with Crippen molar-refractivity contribution in [2.45, 2.75) is 36.6 Å². The highest BCUT2D eigenvalue weighted by Gasteiger charge is 2.64. The van der Waals surface area contributed by atoms with E-state index in [0.717, 1.165) is 16.7 Å². The van der Waals surface area contributed by atoms with Crippen molar-refractivity contribution in [1.82, 2.24) is 4.31 Å². The van der Waals surface area contributed by atoms with Crippen molar-refractivity contribution >= 4 is 10.0 Å². The summed E-state index contributed by atoms with van der Waals surface area (Å²) in [6.45, 7) is 6.61. The van der Waals surface area contributed by atoms with E-state index in [1.807, 2.05) is 74.5 Å². The van der Waals surface area contributed by atoms with Gasteiger partial charge in [-0.3, -0.25) is 0 Å². The third kappa shape index (κ3) is 2.63. The maximum Gasteiger partial charge on any atom is 0.243 e. The molecule has 0 spiro atoms. The van der Waals surface area contributed by atoms with Gasteiger partial charge in [0.25, 0.3) is 0 Å². The third-order valence-electron chi connectivity index (χ3n) is 6.39. The summed E-state index contributed by atoms with van der Waals surface area (Å²) < 4.78 is 28.8. The molecule has 1 aliphatic heterocycles. The summed E-state index contributed by atoms with van der Waals surface area (Å²) in [5.41, 5.74) is 2.19. The molecule has 0 bridgehead atoms. The van der Waals surface area contributed by atoms with Crippen LogP contribution >= 0.6 is 0 Å². The SMILES string of the molecule is Cc1ccc(S(=O)(=O)N2C[C@](C)(c3ccccc3)[C@]2(C)c2ccccc2)cc1. The van der Waals surface area contributed by atoms with E-state index in [1.54, 1.807) is 16.4 Å². The monoisotopic (exact) mass is 391 g/mol. The van der Waals surface area contributed by atoms with Gasteiger partial charge in [-0.05, 0) is 37.1 Å². The molecule has 0 radical (unpaired) electrons. The van der Waals surface area contributed by atoms with Gasteiger partial charge in [0, 0.05) is 12.0 Å². The van der Waals surface area contributed by atoms with Crippen molar-refractivity contribution in [3.63, 3.8) is 0 Å². The molecule has 0 unspecified atom stereocenters. The molecule has 4 rings (SSSR count). The smallest absolute Gasteiger partial charge is 0.207 e. The number of sulfonamides is 1. The molecule has 3 nitrogen and oxygen atoms in total. The third-order valence-corrected chi connectivity index (χ3v) is 8.33. The zero-order valence-corrected chi connectivity index (χ0v) is 17.3. The van der Waals surface area contributed by atoms with Crippen LogP contribution in [0.25, 0.3) is 0 Å². The maximum atomic E-state index is 13.6. The van der Waals surface area contributed by atoms with Gasteiger partial charge in [0.15, 0.2) is 0 Å². The molecular weight excluding hydrogens is 366 g/mol. The summed E-state index contributed by atoms with van der Waals surface area (Å²) in [5.74, 6) is 0. The highest BCUT2D eigenvalue weighted by atomic mass is 32.2. The van der Waals surface area contributed by atoms with Gasteiger partial charge in [-0.1, -0.05) is 85.3 Å². The summed E-state index contributed by atoms with van der Waals surface area (Å²) in [5, 5.41) is 0. The van der Waals surface area contributed by atoms with E-state index in [2.05, 4.69) is 19.1 Å². The van der Waals surface area contributed by atoms with Gasteiger partial charge in [0.2, 0.25) is 10.0 Å². The van der Waals surface area contributed by atoms with Gasteiger partial charge >= 0.3 is 0 Å². The Balaban J connectivity index is 1.86. The zero-order chi connectivity index (χ0) is 20.0. The lowest BCUT2D eigenvalue weighted by molar-refractivity contribution is -0.0237. The summed E-state index contributed by atoms with van der Waals surface area (Å²) in [6.07, 6.45) is 0. The Morgan fingerprint density at radius 1 is 0.750 bits per heavy atom. The van der Waals surface area contributed by atoms with Crippen LogP contribution in [-0.4, -0.2) is 19.3 Å². The van der Waals surface area contributed by atoms with Crippen LogP contribution in [-0.2, 0) is 21.0 Å². The van der Waals surface area contributed by atoms with Gasteiger partial charge in [-0.2, -0.15) is 4.31 Å². The number of nitrogens with zero attached hydrogens (tertiary/aromatic N) is 1.